The van der Waals surface area contributed by atoms with Crippen LogP contribution in [0.4, 0.5) is 4.79 Å². The molecule has 118 valence electrons. The number of carbonyl (C=O) groups is 1. The first-order valence-corrected chi connectivity index (χ1v) is 7.53. The molecular formula is C14H21Cl2N3O2. The molecule has 0 saturated carbocycles. The quantitative estimate of drug-likeness (QED) is 0.806. The van der Waals surface area contributed by atoms with Crippen molar-refractivity contribution in [1.29, 1.82) is 0 Å². The number of benzene rings is 1. The summed E-state index contributed by atoms with van der Waals surface area (Å²) in [7, 11) is 0. The van der Waals surface area contributed by atoms with Gasteiger partial charge in [0.1, 0.15) is 12.4 Å². The van der Waals surface area contributed by atoms with Gasteiger partial charge in [0, 0.05) is 29.2 Å². The molecule has 5 nitrogen and oxygen atoms in total. The van der Waals surface area contributed by atoms with Crippen molar-refractivity contribution in [2.24, 2.45) is 5.73 Å². The normalized spacial score (nSPS) is 10.6. The summed E-state index contributed by atoms with van der Waals surface area (Å²) < 4.78 is 5.59. The van der Waals surface area contributed by atoms with E-state index in [1.165, 1.54) is 0 Å². The van der Waals surface area contributed by atoms with Crippen LogP contribution in [0, 0.1) is 0 Å². The van der Waals surface area contributed by atoms with E-state index in [4.69, 9.17) is 33.7 Å². The van der Waals surface area contributed by atoms with E-state index in [0.717, 1.165) is 0 Å². The third-order valence-corrected chi connectivity index (χ3v) is 3.18. The maximum absolute atomic E-state index is 12.0. The highest BCUT2D eigenvalue weighted by molar-refractivity contribution is 6.34. The number of amides is 2. The Bertz CT molecular complexity index is 449. The molecule has 0 radical (unpaired) electrons. The van der Waals surface area contributed by atoms with Crippen LogP contribution in [0.5, 0.6) is 5.75 Å². The molecule has 1 aromatic carbocycles. The van der Waals surface area contributed by atoms with E-state index in [-0.39, 0.29) is 12.1 Å². The van der Waals surface area contributed by atoms with Crippen LogP contribution in [0.25, 0.3) is 0 Å². The van der Waals surface area contributed by atoms with Crippen molar-refractivity contribution in [3.05, 3.63) is 28.2 Å². The lowest BCUT2D eigenvalue weighted by Gasteiger charge is -2.26. The maximum atomic E-state index is 12.0. The molecule has 1 aromatic rings. The van der Waals surface area contributed by atoms with Crippen molar-refractivity contribution < 1.29 is 9.53 Å². The van der Waals surface area contributed by atoms with Crippen LogP contribution in [0.15, 0.2) is 18.2 Å². The van der Waals surface area contributed by atoms with Gasteiger partial charge in [0.15, 0.2) is 0 Å². The molecule has 0 aromatic heterocycles. The SMILES string of the molecule is CC(C)N(CCOc1cc(Cl)cc(Cl)c1)C(=O)NCCN. The summed E-state index contributed by atoms with van der Waals surface area (Å²) >= 11 is 11.8. The van der Waals surface area contributed by atoms with Crippen LogP contribution in [-0.4, -0.2) is 43.2 Å². The minimum absolute atomic E-state index is 0.0642. The number of carbonyl (C=O) groups excluding carboxylic acids is 1. The zero-order valence-corrected chi connectivity index (χ0v) is 13.7. The Kier molecular flexibility index (Phi) is 7.64. The van der Waals surface area contributed by atoms with Crippen LogP contribution in [-0.2, 0) is 0 Å². The van der Waals surface area contributed by atoms with Gasteiger partial charge < -0.3 is 20.7 Å². The lowest BCUT2D eigenvalue weighted by Crippen LogP contribution is -2.47. The third kappa shape index (κ3) is 6.42. The van der Waals surface area contributed by atoms with Gasteiger partial charge in [-0.3, -0.25) is 0 Å². The second-order valence-electron chi connectivity index (χ2n) is 4.76. The zero-order chi connectivity index (χ0) is 15.8. The predicted molar refractivity (Wildman–Crippen MR) is 86.3 cm³/mol. The molecule has 0 atom stereocenters. The summed E-state index contributed by atoms with van der Waals surface area (Å²) in [4.78, 5) is 13.6. The molecule has 2 amide bonds. The number of ether oxygens (including phenoxy) is 1. The Hall–Kier alpha value is -1.17. The molecule has 0 bridgehead atoms. The predicted octanol–water partition coefficient (Wildman–Crippen LogP) is 2.75. The van der Waals surface area contributed by atoms with Crippen LogP contribution in [0.3, 0.4) is 0 Å². The average Bonchev–Trinajstić information content (AvgIpc) is 2.39. The third-order valence-electron chi connectivity index (χ3n) is 2.74. The minimum atomic E-state index is -0.150. The average molecular weight is 334 g/mol. The highest BCUT2D eigenvalue weighted by Gasteiger charge is 2.16. The molecule has 0 aliphatic heterocycles. The Morgan fingerprint density at radius 3 is 2.48 bits per heavy atom. The summed E-state index contributed by atoms with van der Waals surface area (Å²) in [5.74, 6) is 0.582. The van der Waals surface area contributed by atoms with Gasteiger partial charge in [-0.05, 0) is 32.0 Å². The number of halogens is 2. The number of nitrogens with one attached hydrogen (secondary N) is 1. The second-order valence-corrected chi connectivity index (χ2v) is 5.63. The standard InChI is InChI=1S/C14H21Cl2N3O2/c1-10(2)19(14(20)18-4-3-17)5-6-21-13-8-11(15)7-12(16)9-13/h7-10H,3-6,17H2,1-2H3,(H,18,20). The molecule has 0 aliphatic carbocycles. The topological polar surface area (TPSA) is 67.6 Å². The molecule has 0 unspecified atom stereocenters. The Balaban J connectivity index is 2.51. The fourth-order valence-corrected chi connectivity index (χ4v) is 2.25. The number of nitrogens with two attached hydrogens (primary N) is 1. The molecular weight excluding hydrogens is 313 g/mol. The summed E-state index contributed by atoms with van der Waals surface area (Å²) in [6.45, 7) is 5.56. The van der Waals surface area contributed by atoms with Crippen molar-refractivity contribution in [2.45, 2.75) is 19.9 Å². The van der Waals surface area contributed by atoms with E-state index < -0.39 is 0 Å². The van der Waals surface area contributed by atoms with E-state index in [9.17, 15) is 4.79 Å². The molecule has 0 heterocycles. The summed E-state index contributed by atoms with van der Waals surface area (Å²) in [5, 5.41) is 3.77. The van der Waals surface area contributed by atoms with Crippen LogP contribution in [0.2, 0.25) is 10.0 Å². The molecule has 3 N–H and O–H groups in total. The van der Waals surface area contributed by atoms with Crippen molar-refractivity contribution in [1.82, 2.24) is 10.2 Å². The zero-order valence-electron chi connectivity index (χ0n) is 12.2. The van der Waals surface area contributed by atoms with E-state index in [2.05, 4.69) is 5.32 Å². The number of urea groups is 1. The fourth-order valence-electron chi connectivity index (χ4n) is 1.75. The summed E-state index contributed by atoms with van der Waals surface area (Å²) in [6.07, 6.45) is 0. The van der Waals surface area contributed by atoms with E-state index in [0.29, 0.717) is 42.0 Å². The van der Waals surface area contributed by atoms with Gasteiger partial charge in [-0.25, -0.2) is 4.79 Å². The van der Waals surface area contributed by atoms with E-state index in [1.54, 1.807) is 23.1 Å². The summed E-state index contributed by atoms with van der Waals surface area (Å²) in [5.41, 5.74) is 5.37. The largest absolute Gasteiger partial charge is 0.492 e. The van der Waals surface area contributed by atoms with Gasteiger partial charge in [0.05, 0.1) is 6.54 Å². The van der Waals surface area contributed by atoms with Crippen molar-refractivity contribution >= 4 is 29.2 Å². The van der Waals surface area contributed by atoms with Crippen LogP contribution >= 0.6 is 23.2 Å². The lowest BCUT2D eigenvalue weighted by atomic mass is 10.3. The van der Waals surface area contributed by atoms with E-state index >= 15 is 0 Å². The van der Waals surface area contributed by atoms with Crippen molar-refractivity contribution in [2.75, 3.05) is 26.2 Å². The monoisotopic (exact) mass is 333 g/mol. The molecule has 0 spiro atoms. The molecule has 7 heteroatoms. The first kappa shape index (κ1) is 17.9. The van der Waals surface area contributed by atoms with Crippen LogP contribution < -0.4 is 15.8 Å². The highest BCUT2D eigenvalue weighted by Crippen LogP contribution is 2.24. The van der Waals surface area contributed by atoms with Crippen molar-refractivity contribution in [3.63, 3.8) is 0 Å². The fraction of sp³-hybridized carbons (Fsp3) is 0.500. The number of rotatable bonds is 7. The van der Waals surface area contributed by atoms with Gasteiger partial charge in [0.2, 0.25) is 0 Å². The van der Waals surface area contributed by atoms with Gasteiger partial charge in [-0.2, -0.15) is 0 Å². The van der Waals surface area contributed by atoms with E-state index in [1.807, 2.05) is 13.8 Å². The first-order chi connectivity index (χ1) is 9.93. The van der Waals surface area contributed by atoms with Crippen LogP contribution in [0.1, 0.15) is 13.8 Å². The molecule has 0 fully saturated rings. The highest BCUT2D eigenvalue weighted by atomic mass is 35.5. The molecule has 0 saturated heterocycles. The molecule has 1 rings (SSSR count). The minimum Gasteiger partial charge on any atom is -0.492 e. The van der Waals surface area contributed by atoms with Gasteiger partial charge in [-0.15, -0.1) is 0 Å². The lowest BCUT2D eigenvalue weighted by molar-refractivity contribution is 0.166. The first-order valence-electron chi connectivity index (χ1n) is 6.77. The molecule has 21 heavy (non-hydrogen) atoms. The number of hydrogen-bond acceptors (Lipinski definition) is 3. The van der Waals surface area contributed by atoms with Gasteiger partial charge in [0.25, 0.3) is 0 Å². The Labute approximate surface area is 135 Å². The maximum Gasteiger partial charge on any atom is 0.317 e. The smallest absolute Gasteiger partial charge is 0.317 e. The van der Waals surface area contributed by atoms with Gasteiger partial charge >= 0.3 is 6.03 Å². The Morgan fingerprint density at radius 1 is 1.33 bits per heavy atom. The Morgan fingerprint density at radius 2 is 1.95 bits per heavy atom. The number of hydrogen-bond donors (Lipinski definition) is 2. The molecule has 0 aliphatic rings. The summed E-state index contributed by atoms with van der Waals surface area (Å²) in [6, 6.07) is 4.91. The second kappa shape index (κ2) is 8.97. The van der Waals surface area contributed by atoms with Crippen molar-refractivity contribution in [3.8, 4) is 5.75 Å². The number of nitrogens with zero attached hydrogens (tertiary/aromatic N) is 1. The van der Waals surface area contributed by atoms with Gasteiger partial charge in [-0.1, -0.05) is 23.2 Å².